The molecule has 7 heteroatoms. The van der Waals surface area contributed by atoms with E-state index in [0.29, 0.717) is 17.1 Å². The number of halogens is 1. The minimum absolute atomic E-state index is 0.148. The van der Waals surface area contributed by atoms with Gasteiger partial charge in [-0.15, -0.1) is 16.4 Å². The number of carbonyl (C=O) groups is 1. The van der Waals surface area contributed by atoms with E-state index in [-0.39, 0.29) is 5.91 Å². The van der Waals surface area contributed by atoms with Gasteiger partial charge in [0.1, 0.15) is 0 Å². The highest BCUT2D eigenvalue weighted by molar-refractivity contribution is 7.22. The van der Waals surface area contributed by atoms with Gasteiger partial charge < -0.3 is 9.88 Å². The Bertz CT molecular complexity index is 1100. The van der Waals surface area contributed by atoms with Gasteiger partial charge in [0, 0.05) is 48.2 Å². The first kappa shape index (κ1) is 17.7. The van der Waals surface area contributed by atoms with E-state index in [4.69, 9.17) is 11.6 Å². The molecule has 0 saturated carbocycles. The van der Waals surface area contributed by atoms with Gasteiger partial charge in [0.05, 0.1) is 10.4 Å². The summed E-state index contributed by atoms with van der Waals surface area (Å²) in [5.41, 5.74) is 3.42. The summed E-state index contributed by atoms with van der Waals surface area (Å²) >= 11 is 7.57. The van der Waals surface area contributed by atoms with Gasteiger partial charge in [0.2, 0.25) is 0 Å². The van der Waals surface area contributed by atoms with E-state index in [9.17, 15) is 4.79 Å². The van der Waals surface area contributed by atoms with Crippen molar-refractivity contribution < 1.29 is 4.79 Å². The smallest absolute Gasteiger partial charge is 0.275 e. The average molecular weight is 397 g/mol. The molecular formula is C20H17ClN4OS. The number of thiophene rings is 1. The molecule has 0 spiro atoms. The van der Waals surface area contributed by atoms with E-state index in [1.165, 1.54) is 4.90 Å². The first-order valence-corrected chi connectivity index (χ1v) is 9.60. The number of hydrogen-bond donors (Lipinski definition) is 1. The molecule has 0 aliphatic heterocycles. The molecule has 4 aromatic rings. The number of H-pyrrole nitrogens is 1. The van der Waals surface area contributed by atoms with E-state index in [1.807, 2.05) is 42.7 Å². The van der Waals surface area contributed by atoms with Crippen LogP contribution in [-0.2, 0) is 6.42 Å². The van der Waals surface area contributed by atoms with Crippen LogP contribution in [0.2, 0.25) is 5.02 Å². The predicted octanol–water partition coefficient (Wildman–Crippen LogP) is 4.63. The molecule has 1 aromatic carbocycles. The molecule has 5 nitrogen and oxygen atoms in total. The standard InChI is InChI=1S/C20H17ClN4OS/c1-25(2)20(26)18-19-15(16(23-24-18)9-12-7-8-22-11-12)10-17(27-19)13-3-5-14(21)6-4-13/h3-8,10-11,22H,9H2,1-2H3. The normalized spacial score (nSPS) is 11.1. The molecule has 0 radical (unpaired) electrons. The number of benzene rings is 1. The van der Waals surface area contributed by atoms with E-state index in [0.717, 1.165) is 31.8 Å². The molecule has 4 rings (SSSR count). The van der Waals surface area contributed by atoms with Crippen LogP contribution in [0.5, 0.6) is 0 Å². The van der Waals surface area contributed by atoms with Crippen molar-refractivity contribution in [1.29, 1.82) is 0 Å². The van der Waals surface area contributed by atoms with Gasteiger partial charge in [-0.1, -0.05) is 23.7 Å². The van der Waals surface area contributed by atoms with Crippen molar-refractivity contribution in [3.8, 4) is 10.4 Å². The first-order valence-electron chi connectivity index (χ1n) is 8.41. The molecule has 27 heavy (non-hydrogen) atoms. The summed E-state index contributed by atoms with van der Waals surface area (Å²) in [6, 6.07) is 11.8. The van der Waals surface area contributed by atoms with Crippen molar-refractivity contribution in [2.75, 3.05) is 14.1 Å². The molecule has 0 saturated heterocycles. The van der Waals surface area contributed by atoms with Crippen molar-refractivity contribution in [3.63, 3.8) is 0 Å². The second kappa shape index (κ2) is 7.13. The molecule has 1 amide bonds. The van der Waals surface area contributed by atoms with Crippen LogP contribution >= 0.6 is 22.9 Å². The predicted molar refractivity (Wildman–Crippen MR) is 109 cm³/mol. The zero-order valence-electron chi connectivity index (χ0n) is 14.9. The monoisotopic (exact) mass is 396 g/mol. The fraction of sp³-hybridized carbons (Fsp3) is 0.150. The molecule has 0 aliphatic rings. The van der Waals surface area contributed by atoms with Gasteiger partial charge >= 0.3 is 0 Å². The summed E-state index contributed by atoms with van der Waals surface area (Å²) in [5.74, 6) is -0.148. The SMILES string of the molecule is CN(C)C(=O)c1nnc(Cc2cc[nH]c2)c2cc(-c3ccc(Cl)cc3)sc12. The topological polar surface area (TPSA) is 61.9 Å². The Kier molecular flexibility index (Phi) is 4.68. The quantitative estimate of drug-likeness (QED) is 0.547. The Morgan fingerprint density at radius 2 is 1.96 bits per heavy atom. The molecule has 0 atom stereocenters. The number of fused-ring (bicyclic) bond motifs is 1. The molecule has 0 fully saturated rings. The van der Waals surface area contributed by atoms with Crippen LogP contribution in [0.4, 0.5) is 0 Å². The summed E-state index contributed by atoms with van der Waals surface area (Å²) in [4.78, 5) is 18.2. The van der Waals surface area contributed by atoms with Crippen molar-refractivity contribution in [1.82, 2.24) is 20.1 Å². The highest BCUT2D eigenvalue weighted by Crippen LogP contribution is 2.37. The summed E-state index contributed by atoms with van der Waals surface area (Å²) in [7, 11) is 3.44. The maximum Gasteiger partial charge on any atom is 0.275 e. The maximum atomic E-state index is 12.6. The van der Waals surface area contributed by atoms with E-state index in [2.05, 4.69) is 21.2 Å². The Hall–Kier alpha value is -2.70. The lowest BCUT2D eigenvalue weighted by Crippen LogP contribution is -2.23. The summed E-state index contributed by atoms with van der Waals surface area (Å²) in [5, 5.41) is 10.3. The van der Waals surface area contributed by atoms with E-state index < -0.39 is 0 Å². The molecule has 0 aliphatic carbocycles. The van der Waals surface area contributed by atoms with E-state index >= 15 is 0 Å². The largest absolute Gasteiger partial charge is 0.367 e. The Balaban J connectivity index is 1.88. The third-order valence-electron chi connectivity index (χ3n) is 4.30. The highest BCUT2D eigenvalue weighted by atomic mass is 35.5. The molecule has 0 unspecified atom stereocenters. The van der Waals surface area contributed by atoms with Gasteiger partial charge in [-0.05, 0) is 35.4 Å². The molecule has 3 aromatic heterocycles. The second-order valence-corrected chi connectivity index (χ2v) is 7.94. The number of nitrogens with zero attached hydrogens (tertiary/aromatic N) is 3. The molecule has 136 valence electrons. The lowest BCUT2D eigenvalue weighted by atomic mass is 10.1. The number of nitrogens with one attached hydrogen (secondary N) is 1. The van der Waals surface area contributed by atoms with Gasteiger partial charge in [-0.25, -0.2) is 0 Å². The van der Waals surface area contributed by atoms with E-state index in [1.54, 1.807) is 25.4 Å². The van der Waals surface area contributed by atoms with Gasteiger partial charge in [0.25, 0.3) is 5.91 Å². The number of hydrogen-bond acceptors (Lipinski definition) is 4. The summed E-state index contributed by atoms with van der Waals surface area (Å²) in [6.45, 7) is 0. The molecule has 1 N–H and O–H groups in total. The average Bonchev–Trinajstić information content (AvgIpc) is 3.32. The number of amides is 1. The van der Waals surface area contributed by atoms with Crippen LogP contribution in [0, 0.1) is 0 Å². The molecular weight excluding hydrogens is 380 g/mol. The van der Waals surface area contributed by atoms with Crippen LogP contribution in [0.25, 0.3) is 20.5 Å². The fourth-order valence-electron chi connectivity index (χ4n) is 2.89. The lowest BCUT2D eigenvalue weighted by molar-refractivity contribution is 0.0823. The van der Waals surface area contributed by atoms with Crippen molar-refractivity contribution in [2.45, 2.75) is 6.42 Å². The minimum Gasteiger partial charge on any atom is -0.367 e. The number of carbonyl (C=O) groups excluding carboxylic acids is 1. The maximum absolute atomic E-state index is 12.6. The number of rotatable bonds is 4. The van der Waals surface area contributed by atoms with Gasteiger partial charge in [-0.2, -0.15) is 5.10 Å². The van der Waals surface area contributed by atoms with Crippen LogP contribution < -0.4 is 0 Å². The Morgan fingerprint density at radius 3 is 2.63 bits per heavy atom. The summed E-state index contributed by atoms with van der Waals surface area (Å²) < 4.78 is 0.860. The van der Waals surface area contributed by atoms with Crippen LogP contribution in [0.1, 0.15) is 21.7 Å². The Morgan fingerprint density at radius 1 is 1.19 bits per heavy atom. The number of aromatic amines is 1. The van der Waals surface area contributed by atoms with Crippen molar-refractivity contribution in [3.05, 3.63) is 70.8 Å². The lowest BCUT2D eigenvalue weighted by Gasteiger charge is -2.10. The molecule has 3 heterocycles. The van der Waals surface area contributed by atoms with Crippen molar-refractivity contribution in [2.24, 2.45) is 0 Å². The van der Waals surface area contributed by atoms with Crippen molar-refractivity contribution >= 4 is 38.9 Å². The summed E-state index contributed by atoms with van der Waals surface area (Å²) in [6.07, 6.45) is 4.48. The highest BCUT2D eigenvalue weighted by Gasteiger charge is 2.20. The van der Waals surface area contributed by atoms with Gasteiger partial charge in [0.15, 0.2) is 5.69 Å². The Labute approximate surface area is 165 Å². The third kappa shape index (κ3) is 3.46. The zero-order chi connectivity index (χ0) is 19.0. The van der Waals surface area contributed by atoms with Crippen LogP contribution in [-0.4, -0.2) is 40.1 Å². The number of aromatic nitrogens is 3. The third-order valence-corrected chi connectivity index (χ3v) is 5.74. The zero-order valence-corrected chi connectivity index (χ0v) is 16.4. The minimum atomic E-state index is -0.148. The van der Waals surface area contributed by atoms with Crippen LogP contribution in [0.15, 0.2) is 48.8 Å². The second-order valence-electron chi connectivity index (χ2n) is 6.45. The van der Waals surface area contributed by atoms with Crippen LogP contribution in [0.3, 0.4) is 0 Å². The first-order chi connectivity index (χ1) is 13.0. The molecule has 0 bridgehead atoms. The van der Waals surface area contributed by atoms with Gasteiger partial charge in [-0.3, -0.25) is 4.79 Å². The fourth-order valence-corrected chi connectivity index (χ4v) is 4.18.